The molecular formula is C22H24FIN4O. The minimum absolute atomic E-state index is 0. The fourth-order valence-corrected chi connectivity index (χ4v) is 2.58. The molecule has 0 atom stereocenters. The topological polar surface area (TPSA) is 58.5 Å². The molecule has 5 nitrogen and oxygen atoms in total. The van der Waals surface area contributed by atoms with Crippen LogP contribution in [-0.4, -0.2) is 18.0 Å². The molecule has 0 saturated heterocycles. The minimum atomic E-state index is -0.257. The lowest BCUT2D eigenvalue weighted by Crippen LogP contribution is -2.36. The summed E-state index contributed by atoms with van der Waals surface area (Å²) in [6.45, 7) is 1.57. The van der Waals surface area contributed by atoms with E-state index >= 15 is 0 Å². The van der Waals surface area contributed by atoms with Gasteiger partial charge in [0.1, 0.15) is 18.2 Å². The molecule has 2 aromatic carbocycles. The highest BCUT2D eigenvalue weighted by Gasteiger charge is 2.01. The van der Waals surface area contributed by atoms with E-state index in [1.807, 2.05) is 48.5 Å². The van der Waals surface area contributed by atoms with Gasteiger partial charge in [0.05, 0.1) is 12.2 Å². The van der Waals surface area contributed by atoms with Gasteiger partial charge >= 0.3 is 0 Å². The first-order valence-corrected chi connectivity index (χ1v) is 9.03. The number of benzene rings is 2. The number of halogens is 2. The lowest BCUT2D eigenvalue weighted by atomic mass is 10.2. The fraction of sp³-hybridized carbons (Fsp3) is 0.182. The summed E-state index contributed by atoms with van der Waals surface area (Å²) >= 11 is 0. The van der Waals surface area contributed by atoms with Gasteiger partial charge < -0.3 is 15.4 Å². The number of guanidine groups is 1. The van der Waals surface area contributed by atoms with Crippen LogP contribution in [0.3, 0.4) is 0 Å². The molecule has 0 aliphatic rings. The highest BCUT2D eigenvalue weighted by molar-refractivity contribution is 14.0. The Balaban J connectivity index is 0.00000300. The summed E-state index contributed by atoms with van der Waals surface area (Å²) in [5.41, 5.74) is 2.85. The SMILES string of the molecule is CN=C(NCc1ccc(OCc2cccc(F)c2)cc1)NCc1ccccn1.I. The molecule has 1 heterocycles. The number of pyridine rings is 1. The Kier molecular flexibility index (Phi) is 9.36. The van der Waals surface area contributed by atoms with Crippen molar-refractivity contribution in [3.8, 4) is 5.75 Å². The Hall–Kier alpha value is -2.68. The van der Waals surface area contributed by atoms with Crippen LogP contribution in [0.2, 0.25) is 0 Å². The van der Waals surface area contributed by atoms with Gasteiger partial charge in [0.15, 0.2) is 5.96 Å². The van der Waals surface area contributed by atoms with Crippen molar-refractivity contribution in [2.75, 3.05) is 7.05 Å². The van der Waals surface area contributed by atoms with E-state index in [2.05, 4.69) is 20.6 Å². The van der Waals surface area contributed by atoms with Gasteiger partial charge in [0.25, 0.3) is 0 Å². The second-order valence-electron chi connectivity index (χ2n) is 6.16. The van der Waals surface area contributed by atoms with Gasteiger partial charge in [-0.3, -0.25) is 9.98 Å². The average molecular weight is 506 g/mol. The van der Waals surface area contributed by atoms with Gasteiger partial charge in [-0.2, -0.15) is 0 Å². The first-order chi connectivity index (χ1) is 13.7. The Labute approximate surface area is 187 Å². The molecule has 0 saturated carbocycles. The maximum absolute atomic E-state index is 13.2. The van der Waals surface area contributed by atoms with Gasteiger partial charge in [-0.15, -0.1) is 24.0 Å². The predicted octanol–water partition coefficient (Wildman–Crippen LogP) is 4.28. The number of nitrogens with zero attached hydrogens (tertiary/aromatic N) is 2. The molecule has 7 heteroatoms. The van der Waals surface area contributed by atoms with Crippen molar-refractivity contribution in [3.63, 3.8) is 0 Å². The van der Waals surface area contributed by atoms with Gasteiger partial charge in [0, 0.05) is 19.8 Å². The van der Waals surface area contributed by atoms with Crippen molar-refractivity contribution < 1.29 is 9.13 Å². The number of aromatic nitrogens is 1. The molecule has 0 aliphatic heterocycles. The molecule has 0 fully saturated rings. The van der Waals surface area contributed by atoms with Crippen molar-refractivity contribution in [1.82, 2.24) is 15.6 Å². The Morgan fingerprint density at radius 3 is 2.45 bits per heavy atom. The summed E-state index contributed by atoms with van der Waals surface area (Å²) in [5.74, 6) is 1.19. The van der Waals surface area contributed by atoms with Crippen LogP contribution >= 0.6 is 24.0 Å². The predicted molar refractivity (Wildman–Crippen MR) is 124 cm³/mol. The van der Waals surface area contributed by atoms with Crippen LogP contribution in [0, 0.1) is 5.82 Å². The summed E-state index contributed by atoms with van der Waals surface area (Å²) in [4.78, 5) is 8.49. The van der Waals surface area contributed by atoms with Crippen LogP contribution in [0.15, 0.2) is 77.9 Å². The zero-order valence-corrected chi connectivity index (χ0v) is 18.5. The smallest absolute Gasteiger partial charge is 0.191 e. The van der Waals surface area contributed by atoms with Crippen molar-refractivity contribution >= 4 is 29.9 Å². The lowest BCUT2D eigenvalue weighted by Gasteiger charge is -2.12. The van der Waals surface area contributed by atoms with E-state index in [4.69, 9.17) is 4.74 Å². The van der Waals surface area contributed by atoms with Crippen LogP contribution in [0.25, 0.3) is 0 Å². The molecule has 3 aromatic rings. The number of rotatable bonds is 7. The van der Waals surface area contributed by atoms with E-state index in [0.717, 1.165) is 22.6 Å². The van der Waals surface area contributed by atoms with Gasteiger partial charge in [-0.05, 0) is 47.5 Å². The highest BCUT2D eigenvalue weighted by atomic mass is 127. The maximum Gasteiger partial charge on any atom is 0.191 e. The monoisotopic (exact) mass is 506 g/mol. The van der Waals surface area contributed by atoms with Gasteiger partial charge in [0.2, 0.25) is 0 Å². The molecule has 0 bridgehead atoms. The molecule has 2 N–H and O–H groups in total. The summed E-state index contributed by atoms with van der Waals surface area (Å²) in [5, 5.41) is 6.50. The zero-order valence-electron chi connectivity index (χ0n) is 16.1. The second kappa shape index (κ2) is 12.0. The first-order valence-electron chi connectivity index (χ1n) is 9.03. The zero-order chi connectivity index (χ0) is 19.6. The molecule has 3 rings (SSSR count). The number of nitrogens with one attached hydrogen (secondary N) is 2. The molecule has 29 heavy (non-hydrogen) atoms. The van der Waals surface area contributed by atoms with Crippen LogP contribution in [0.1, 0.15) is 16.8 Å². The molecule has 0 radical (unpaired) electrons. The second-order valence-corrected chi connectivity index (χ2v) is 6.16. The van der Waals surface area contributed by atoms with Gasteiger partial charge in [-0.1, -0.05) is 30.3 Å². The van der Waals surface area contributed by atoms with Crippen molar-refractivity contribution in [1.29, 1.82) is 0 Å². The average Bonchev–Trinajstić information content (AvgIpc) is 2.74. The van der Waals surface area contributed by atoms with Gasteiger partial charge in [-0.25, -0.2) is 4.39 Å². The number of hydrogen-bond acceptors (Lipinski definition) is 3. The molecule has 0 aliphatic carbocycles. The third kappa shape index (κ3) is 7.69. The maximum atomic E-state index is 13.2. The Morgan fingerprint density at radius 1 is 0.966 bits per heavy atom. The molecule has 152 valence electrons. The number of aliphatic imine (C=N–C) groups is 1. The van der Waals surface area contributed by atoms with E-state index in [1.165, 1.54) is 12.1 Å². The molecule has 0 spiro atoms. The van der Waals surface area contributed by atoms with Crippen molar-refractivity contribution in [2.45, 2.75) is 19.7 Å². The quantitative estimate of drug-likeness (QED) is 0.286. The summed E-state index contributed by atoms with van der Waals surface area (Å²) in [6, 6.07) is 20.0. The van der Waals surface area contributed by atoms with Crippen LogP contribution in [0.5, 0.6) is 5.75 Å². The van der Waals surface area contributed by atoms with Crippen molar-refractivity contribution in [3.05, 3.63) is 95.6 Å². The highest BCUT2D eigenvalue weighted by Crippen LogP contribution is 2.14. The molecule has 1 aromatic heterocycles. The van der Waals surface area contributed by atoms with Crippen LogP contribution in [0.4, 0.5) is 4.39 Å². The summed E-state index contributed by atoms with van der Waals surface area (Å²) < 4.78 is 18.9. The third-order valence-corrected chi connectivity index (χ3v) is 4.06. The first kappa shape index (κ1) is 22.6. The largest absolute Gasteiger partial charge is 0.489 e. The van der Waals surface area contributed by atoms with E-state index < -0.39 is 0 Å². The normalized spacial score (nSPS) is 10.8. The molecule has 0 amide bonds. The summed E-state index contributed by atoms with van der Waals surface area (Å²) in [7, 11) is 1.73. The third-order valence-electron chi connectivity index (χ3n) is 4.06. The number of hydrogen-bond donors (Lipinski definition) is 2. The lowest BCUT2D eigenvalue weighted by molar-refractivity contribution is 0.305. The Morgan fingerprint density at radius 2 is 1.76 bits per heavy atom. The Bertz CT molecular complexity index is 904. The van der Waals surface area contributed by atoms with Crippen LogP contribution in [-0.2, 0) is 19.7 Å². The summed E-state index contributed by atoms with van der Waals surface area (Å²) in [6.07, 6.45) is 1.77. The molecular weight excluding hydrogens is 482 g/mol. The van der Waals surface area contributed by atoms with Crippen LogP contribution < -0.4 is 15.4 Å². The minimum Gasteiger partial charge on any atom is -0.489 e. The fourth-order valence-electron chi connectivity index (χ4n) is 2.58. The standard InChI is InChI=1S/C22H23FN4O.HI/c1-24-22(27-15-20-7-2-3-12-25-20)26-14-17-8-10-21(11-9-17)28-16-18-5-4-6-19(23)13-18;/h2-13H,14-16H2,1H3,(H2,24,26,27);1H. The molecule has 0 unspecified atom stereocenters. The van der Waals surface area contributed by atoms with Crippen molar-refractivity contribution in [2.24, 2.45) is 4.99 Å². The number of ether oxygens (including phenoxy) is 1. The van der Waals surface area contributed by atoms with E-state index in [0.29, 0.717) is 25.7 Å². The van der Waals surface area contributed by atoms with E-state index in [-0.39, 0.29) is 29.8 Å². The van der Waals surface area contributed by atoms with E-state index in [1.54, 1.807) is 19.3 Å². The van der Waals surface area contributed by atoms with E-state index in [9.17, 15) is 4.39 Å².